The number of hydrogen-bond donors (Lipinski definition) is 1. The quantitative estimate of drug-likeness (QED) is 0.289. The number of carbonyl (C=O) groups excluding carboxylic acids is 4. The van der Waals surface area contributed by atoms with Gasteiger partial charge in [-0.05, 0) is 6.07 Å². The van der Waals surface area contributed by atoms with Gasteiger partial charge < -0.3 is 24.3 Å². The van der Waals surface area contributed by atoms with Crippen LogP contribution in [0.4, 0.5) is 11.4 Å². The number of nitrogens with zero attached hydrogens (tertiary/aromatic N) is 1. The van der Waals surface area contributed by atoms with Crippen molar-refractivity contribution >= 4 is 46.8 Å². The first-order chi connectivity index (χ1) is 14.5. The Balaban J connectivity index is 2.34. The third kappa shape index (κ3) is 6.40. The van der Waals surface area contributed by atoms with Crippen LogP contribution in [0.15, 0.2) is 30.0 Å². The Morgan fingerprint density at radius 3 is 2.19 bits per heavy atom. The van der Waals surface area contributed by atoms with Crippen molar-refractivity contribution in [3.05, 3.63) is 45.2 Å². The van der Waals surface area contributed by atoms with E-state index in [1.54, 1.807) is 0 Å². The highest BCUT2D eigenvalue weighted by atomic mass is 35.5. The van der Waals surface area contributed by atoms with Gasteiger partial charge in [-0.3, -0.25) is 29.3 Å². The minimum atomic E-state index is -1.59. The molecule has 31 heavy (non-hydrogen) atoms. The molecule has 3 atom stereocenters. The summed E-state index contributed by atoms with van der Waals surface area (Å²) in [5, 5.41) is 13.1. The minimum absolute atomic E-state index is 0.0250. The van der Waals surface area contributed by atoms with E-state index in [2.05, 4.69) is 5.32 Å². The van der Waals surface area contributed by atoms with Gasteiger partial charge in [-0.15, -0.1) is 0 Å². The molecule has 1 heterocycles. The first kappa shape index (κ1) is 23.6. The number of nitro groups is 1. The summed E-state index contributed by atoms with van der Waals surface area (Å²) < 4.78 is 20.4. The van der Waals surface area contributed by atoms with E-state index in [1.165, 1.54) is 6.07 Å². The molecule has 0 aromatic heterocycles. The molecule has 0 fully saturated rings. The zero-order valence-corrected chi connectivity index (χ0v) is 17.2. The first-order valence-electron chi connectivity index (χ1n) is 8.63. The molecule has 12 nitrogen and oxygen atoms in total. The molecule has 1 N–H and O–H groups in total. The number of nitrogens with one attached hydrogen (secondary N) is 1. The number of amides is 1. The summed E-state index contributed by atoms with van der Waals surface area (Å²) in [6, 6.07) is 3.36. The lowest BCUT2D eigenvalue weighted by molar-refractivity contribution is -0.384. The molecule has 1 aromatic rings. The van der Waals surface area contributed by atoms with E-state index in [-0.39, 0.29) is 16.4 Å². The molecule has 1 amide bonds. The van der Waals surface area contributed by atoms with Gasteiger partial charge >= 0.3 is 17.9 Å². The fourth-order valence-electron chi connectivity index (χ4n) is 2.52. The predicted molar refractivity (Wildman–Crippen MR) is 103 cm³/mol. The number of benzene rings is 1. The lowest BCUT2D eigenvalue weighted by Crippen LogP contribution is -2.49. The van der Waals surface area contributed by atoms with Crippen molar-refractivity contribution in [3.8, 4) is 0 Å². The molecule has 0 bridgehead atoms. The molecular formula is C18H17ClN2O10. The Bertz CT molecular complexity index is 961. The Morgan fingerprint density at radius 1 is 1.06 bits per heavy atom. The van der Waals surface area contributed by atoms with E-state index in [1.807, 2.05) is 0 Å². The first-order valence-corrected chi connectivity index (χ1v) is 9.01. The van der Waals surface area contributed by atoms with Gasteiger partial charge in [0.05, 0.1) is 15.6 Å². The number of halogens is 1. The van der Waals surface area contributed by atoms with E-state index in [0.29, 0.717) is 0 Å². The average Bonchev–Trinajstić information content (AvgIpc) is 2.64. The van der Waals surface area contributed by atoms with Crippen LogP contribution < -0.4 is 5.32 Å². The Labute approximate surface area is 180 Å². The van der Waals surface area contributed by atoms with E-state index in [0.717, 1.165) is 39.0 Å². The smallest absolute Gasteiger partial charge is 0.305 e. The van der Waals surface area contributed by atoms with Crippen LogP contribution in [0, 0.1) is 10.1 Å². The molecule has 0 aliphatic carbocycles. The number of esters is 3. The van der Waals surface area contributed by atoms with E-state index in [9.17, 15) is 29.3 Å². The molecule has 0 radical (unpaired) electrons. The zero-order valence-electron chi connectivity index (χ0n) is 16.4. The summed E-state index contributed by atoms with van der Waals surface area (Å²) in [4.78, 5) is 57.1. The maximum Gasteiger partial charge on any atom is 0.305 e. The Kier molecular flexibility index (Phi) is 7.53. The van der Waals surface area contributed by atoms with Gasteiger partial charge in [-0.1, -0.05) is 11.6 Å². The molecule has 13 heteroatoms. The van der Waals surface area contributed by atoms with Crippen molar-refractivity contribution in [1.82, 2.24) is 0 Å². The molecule has 0 saturated carbocycles. The van der Waals surface area contributed by atoms with Gasteiger partial charge in [0.25, 0.3) is 17.9 Å². The molecule has 0 saturated heterocycles. The van der Waals surface area contributed by atoms with Crippen molar-refractivity contribution in [1.29, 1.82) is 0 Å². The monoisotopic (exact) mass is 456 g/mol. The molecular weight excluding hydrogens is 440 g/mol. The second-order valence-electron chi connectivity index (χ2n) is 6.15. The molecule has 2 rings (SSSR count). The van der Waals surface area contributed by atoms with Crippen molar-refractivity contribution in [2.75, 3.05) is 5.32 Å². The third-order valence-corrected chi connectivity index (χ3v) is 3.99. The van der Waals surface area contributed by atoms with Crippen molar-refractivity contribution < 1.29 is 43.0 Å². The molecule has 166 valence electrons. The lowest BCUT2D eigenvalue weighted by Gasteiger charge is -2.34. The summed E-state index contributed by atoms with van der Waals surface area (Å²) in [5.74, 6) is -3.69. The van der Waals surface area contributed by atoms with Gasteiger partial charge in [0.2, 0.25) is 6.10 Å². The topological polar surface area (TPSA) is 160 Å². The van der Waals surface area contributed by atoms with Gasteiger partial charge in [-0.2, -0.15) is 0 Å². The lowest BCUT2D eigenvalue weighted by atomic mass is 10.1. The minimum Gasteiger partial charge on any atom is -0.454 e. The average molecular weight is 457 g/mol. The van der Waals surface area contributed by atoms with Crippen LogP contribution in [0.3, 0.4) is 0 Å². The maximum atomic E-state index is 12.6. The molecule has 1 aliphatic rings. The normalized spacial score (nSPS) is 19.9. The highest BCUT2D eigenvalue weighted by Gasteiger charge is 2.43. The van der Waals surface area contributed by atoms with Crippen molar-refractivity contribution in [2.45, 2.75) is 39.3 Å². The summed E-state index contributed by atoms with van der Waals surface area (Å²) >= 11 is 5.96. The molecule has 1 aromatic carbocycles. The van der Waals surface area contributed by atoms with E-state index < -0.39 is 53.0 Å². The van der Waals surface area contributed by atoms with Gasteiger partial charge in [0, 0.05) is 39.0 Å². The Hall–Kier alpha value is -3.67. The summed E-state index contributed by atoms with van der Waals surface area (Å²) in [6.45, 7) is 3.23. The van der Waals surface area contributed by atoms with Crippen LogP contribution in [0.1, 0.15) is 20.8 Å². The predicted octanol–water partition coefficient (Wildman–Crippen LogP) is 1.85. The summed E-state index contributed by atoms with van der Waals surface area (Å²) in [6.07, 6.45) is -3.22. The number of ether oxygens (including phenoxy) is 4. The zero-order chi connectivity index (χ0) is 23.3. The summed E-state index contributed by atoms with van der Waals surface area (Å²) in [7, 11) is 0. The van der Waals surface area contributed by atoms with E-state index in [4.69, 9.17) is 30.5 Å². The maximum absolute atomic E-state index is 12.6. The number of hydrogen-bond acceptors (Lipinski definition) is 10. The van der Waals surface area contributed by atoms with Crippen LogP contribution in [0.25, 0.3) is 0 Å². The SMILES string of the molecule is CC(=O)O[C@@H]1OC(C(=O)Nc2ccc([N+](=O)[O-])cc2Cl)=C[C@H](OC(C)=O)[C@H]1OC(C)=O. The van der Waals surface area contributed by atoms with Crippen LogP contribution in [0.5, 0.6) is 0 Å². The fraction of sp³-hybridized carbons (Fsp3) is 0.333. The molecule has 0 spiro atoms. The standard InChI is InChI=1S/C18H17ClN2O10/c1-8(22)28-14-7-15(31-18(30-10(3)24)16(14)29-9(2)23)17(25)20-13-5-4-11(21(26)27)6-12(13)19/h4-7,14,16,18H,1-3H3,(H,20,25)/t14-,16+,18+/m0/s1. The van der Waals surface area contributed by atoms with Crippen LogP contribution in [-0.4, -0.2) is 47.2 Å². The fourth-order valence-corrected chi connectivity index (χ4v) is 2.75. The second kappa shape index (κ2) is 9.89. The van der Waals surface area contributed by atoms with Crippen molar-refractivity contribution in [3.63, 3.8) is 0 Å². The van der Waals surface area contributed by atoms with Crippen molar-refractivity contribution in [2.24, 2.45) is 0 Å². The van der Waals surface area contributed by atoms with Crippen LogP contribution >= 0.6 is 11.6 Å². The van der Waals surface area contributed by atoms with Gasteiger partial charge in [0.1, 0.15) is 0 Å². The van der Waals surface area contributed by atoms with Gasteiger partial charge in [-0.25, -0.2) is 0 Å². The number of anilines is 1. The van der Waals surface area contributed by atoms with E-state index >= 15 is 0 Å². The largest absolute Gasteiger partial charge is 0.454 e. The molecule has 1 aliphatic heterocycles. The number of carbonyl (C=O) groups is 4. The third-order valence-electron chi connectivity index (χ3n) is 3.67. The highest BCUT2D eigenvalue weighted by Crippen LogP contribution is 2.29. The number of nitro benzene ring substituents is 1. The van der Waals surface area contributed by atoms with Crippen LogP contribution in [0.2, 0.25) is 5.02 Å². The summed E-state index contributed by atoms with van der Waals surface area (Å²) in [5.41, 5.74) is -0.262. The van der Waals surface area contributed by atoms with Gasteiger partial charge in [0.15, 0.2) is 11.9 Å². The number of non-ortho nitro benzene ring substituents is 1. The second-order valence-corrected chi connectivity index (χ2v) is 6.56. The number of rotatable bonds is 6. The highest BCUT2D eigenvalue weighted by molar-refractivity contribution is 6.34. The molecule has 0 unspecified atom stereocenters. The Morgan fingerprint density at radius 2 is 1.68 bits per heavy atom. The van der Waals surface area contributed by atoms with Crippen LogP contribution in [-0.2, 0) is 38.1 Å².